The zero-order valence-corrected chi connectivity index (χ0v) is 10.2. The van der Waals surface area contributed by atoms with Crippen molar-refractivity contribution in [3.63, 3.8) is 0 Å². The molecule has 6 heteroatoms. The number of aliphatic carboxylic acids is 1. The Morgan fingerprint density at radius 1 is 1.56 bits per heavy atom. The molecule has 2 N–H and O–H groups in total. The highest BCUT2D eigenvalue weighted by Crippen LogP contribution is 2.05. The standard InChI is InChI=1S/C12H17NO5/c1-2-3-5-18-12(16)13-10(11(14)15)7-9-4-6-17-8-9/h4,6,8,10H,2-3,5,7H2,1H3,(H,13,16)(H,14,15). The molecule has 0 bridgehead atoms. The van der Waals surface area contributed by atoms with Gasteiger partial charge < -0.3 is 19.6 Å². The molecule has 1 atom stereocenters. The van der Waals surface area contributed by atoms with Crippen molar-refractivity contribution in [2.24, 2.45) is 0 Å². The highest BCUT2D eigenvalue weighted by atomic mass is 16.5. The van der Waals surface area contributed by atoms with Crippen LogP contribution in [-0.2, 0) is 16.0 Å². The van der Waals surface area contributed by atoms with Gasteiger partial charge in [-0.25, -0.2) is 9.59 Å². The molecule has 0 saturated carbocycles. The Morgan fingerprint density at radius 3 is 2.89 bits per heavy atom. The molecule has 0 aliphatic rings. The quantitative estimate of drug-likeness (QED) is 0.725. The molecule has 0 fully saturated rings. The fourth-order valence-electron chi connectivity index (χ4n) is 1.34. The first-order valence-electron chi connectivity index (χ1n) is 5.80. The fourth-order valence-corrected chi connectivity index (χ4v) is 1.34. The molecule has 1 heterocycles. The van der Waals surface area contributed by atoms with Gasteiger partial charge in [-0.2, -0.15) is 0 Å². The van der Waals surface area contributed by atoms with Crippen LogP contribution in [0, 0.1) is 0 Å². The number of rotatable bonds is 7. The zero-order chi connectivity index (χ0) is 13.4. The van der Waals surface area contributed by atoms with Crippen LogP contribution in [0.5, 0.6) is 0 Å². The summed E-state index contributed by atoms with van der Waals surface area (Å²) in [7, 11) is 0. The number of unbranched alkanes of at least 4 members (excludes halogenated alkanes) is 1. The molecule has 1 rings (SSSR count). The van der Waals surface area contributed by atoms with Crippen LogP contribution in [0.15, 0.2) is 23.0 Å². The third-order valence-corrected chi connectivity index (χ3v) is 2.34. The maximum Gasteiger partial charge on any atom is 0.407 e. The van der Waals surface area contributed by atoms with E-state index < -0.39 is 18.1 Å². The van der Waals surface area contributed by atoms with Crippen LogP contribution in [0.4, 0.5) is 4.79 Å². The number of carboxylic acids is 1. The summed E-state index contributed by atoms with van der Waals surface area (Å²) in [6.45, 7) is 2.26. The Kier molecular flexibility index (Phi) is 5.76. The molecule has 6 nitrogen and oxygen atoms in total. The average Bonchev–Trinajstić information content (AvgIpc) is 2.81. The van der Waals surface area contributed by atoms with Crippen LogP contribution in [-0.4, -0.2) is 29.8 Å². The first-order valence-corrected chi connectivity index (χ1v) is 5.80. The summed E-state index contributed by atoms with van der Waals surface area (Å²) in [5.74, 6) is -1.11. The minimum absolute atomic E-state index is 0.161. The molecule has 0 aliphatic heterocycles. The van der Waals surface area contributed by atoms with Crippen LogP contribution >= 0.6 is 0 Å². The van der Waals surface area contributed by atoms with Gasteiger partial charge in [-0.05, 0) is 18.1 Å². The number of alkyl carbamates (subject to hydrolysis) is 1. The third-order valence-electron chi connectivity index (χ3n) is 2.34. The van der Waals surface area contributed by atoms with Crippen molar-refractivity contribution < 1.29 is 23.8 Å². The van der Waals surface area contributed by atoms with E-state index in [0.29, 0.717) is 12.2 Å². The van der Waals surface area contributed by atoms with E-state index in [4.69, 9.17) is 14.3 Å². The molecule has 1 unspecified atom stereocenters. The molecule has 0 aromatic carbocycles. The summed E-state index contributed by atoms with van der Waals surface area (Å²) in [4.78, 5) is 22.3. The average molecular weight is 255 g/mol. The number of ether oxygens (including phenoxy) is 1. The van der Waals surface area contributed by atoms with E-state index in [9.17, 15) is 9.59 Å². The lowest BCUT2D eigenvalue weighted by Gasteiger charge is -2.13. The van der Waals surface area contributed by atoms with Crippen molar-refractivity contribution in [1.29, 1.82) is 0 Å². The van der Waals surface area contributed by atoms with E-state index in [1.807, 2.05) is 6.92 Å². The Morgan fingerprint density at radius 2 is 2.33 bits per heavy atom. The van der Waals surface area contributed by atoms with Crippen LogP contribution in [0.3, 0.4) is 0 Å². The van der Waals surface area contributed by atoms with Gasteiger partial charge >= 0.3 is 12.1 Å². The van der Waals surface area contributed by atoms with Crippen LogP contribution in [0.25, 0.3) is 0 Å². The number of carbonyl (C=O) groups excluding carboxylic acids is 1. The van der Waals surface area contributed by atoms with Gasteiger partial charge in [0, 0.05) is 6.42 Å². The van der Waals surface area contributed by atoms with E-state index in [-0.39, 0.29) is 6.42 Å². The Labute approximate surface area is 105 Å². The van der Waals surface area contributed by atoms with Gasteiger partial charge in [0.15, 0.2) is 0 Å². The SMILES string of the molecule is CCCCOC(=O)NC(Cc1ccoc1)C(=O)O. The summed E-state index contributed by atoms with van der Waals surface area (Å²) in [6, 6.07) is 0.636. The summed E-state index contributed by atoms with van der Waals surface area (Å²) < 4.78 is 9.69. The third kappa shape index (κ3) is 4.90. The molecular formula is C12H17NO5. The van der Waals surface area contributed by atoms with Gasteiger partial charge in [0.25, 0.3) is 0 Å². The Balaban J connectivity index is 2.42. The second-order valence-electron chi connectivity index (χ2n) is 3.86. The van der Waals surface area contributed by atoms with Gasteiger partial charge in [0.1, 0.15) is 6.04 Å². The molecule has 1 aromatic rings. The topological polar surface area (TPSA) is 88.8 Å². The van der Waals surface area contributed by atoms with E-state index in [1.165, 1.54) is 12.5 Å². The molecule has 1 aromatic heterocycles. The molecule has 100 valence electrons. The van der Waals surface area contributed by atoms with Crippen molar-refractivity contribution in [2.75, 3.05) is 6.61 Å². The fraction of sp³-hybridized carbons (Fsp3) is 0.500. The van der Waals surface area contributed by atoms with E-state index >= 15 is 0 Å². The van der Waals surface area contributed by atoms with Crippen LogP contribution in [0.1, 0.15) is 25.3 Å². The molecule has 0 saturated heterocycles. The number of carbonyl (C=O) groups is 2. The highest BCUT2D eigenvalue weighted by molar-refractivity contribution is 5.80. The first-order chi connectivity index (χ1) is 8.63. The zero-order valence-electron chi connectivity index (χ0n) is 10.2. The Hall–Kier alpha value is -1.98. The second kappa shape index (κ2) is 7.37. The van der Waals surface area contributed by atoms with Gasteiger partial charge in [-0.1, -0.05) is 13.3 Å². The van der Waals surface area contributed by atoms with Crippen molar-refractivity contribution in [1.82, 2.24) is 5.32 Å². The van der Waals surface area contributed by atoms with Gasteiger partial charge in [0.2, 0.25) is 0 Å². The number of hydrogen-bond acceptors (Lipinski definition) is 4. The maximum absolute atomic E-state index is 11.3. The second-order valence-corrected chi connectivity index (χ2v) is 3.86. The lowest BCUT2D eigenvalue weighted by Crippen LogP contribution is -2.42. The highest BCUT2D eigenvalue weighted by Gasteiger charge is 2.21. The molecule has 0 spiro atoms. The predicted octanol–water partition coefficient (Wildman–Crippen LogP) is 1.80. The number of furan rings is 1. The Bertz CT molecular complexity index is 374. The summed E-state index contributed by atoms with van der Waals surface area (Å²) in [6.07, 6.45) is 4.01. The first kappa shape index (κ1) is 14.1. The van der Waals surface area contributed by atoms with Gasteiger partial charge in [-0.3, -0.25) is 0 Å². The molecule has 0 radical (unpaired) electrons. The van der Waals surface area contributed by atoms with Crippen LogP contribution in [0.2, 0.25) is 0 Å². The monoisotopic (exact) mass is 255 g/mol. The normalized spacial score (nSPS) is 11.8. The van der Waals surface area contributed by atoms with E-state index in [0.717, 1.165) is 12.8 Å². The van der Waals surface area contributed by atoms with E-state index in [2.05, 4.69) is 5.32 Å². The molecule has 0 aliphatic carbocycles. The summed E-state index contributed by atoms with van der Waals surface area (Å²) in [5, 5.41) is 11.3. The van der Waals surface area contributed by atoms with Gasteiger partial charge in [-0.15, -0.1) is 0 Å². The lowest BCUT2D eigenvalue weighted by atomic mass is 10.1. The van der Waals surface area contributed by atoms with Crippen LogP contribution < -0.4 is 5.32 Å². The molecule has 1 amide bonds. The number of carboxylic acid groups (broad SMARTS) is 1. The summed E-state index contributed by atoms with van der Waals surface area (Å²) >= 11 is 0. The molecule has 18 heavy (non-hydrogen) atoms. The maximum atomic E-state index is 11.3. The minimum atomic E-state index is -1.11. The largest absolute Gasteiger partial charge is 0.480 e. The number of nitrogens with one attached hydrogen (secondary N) is 1. The summed E-state index contributed by atoms with van der Waals surface area (Å²) in [5.41, 5.74) is 0.705. The van der Waals surface area contributed by atoms with Crippen molar-refractivity contribution in [2.45, 2.75) is 32.2 Å². The van der Waals surface area contributed by atoms with Crippen molar-refractivity contribution in [3.05, 3.63) is 24.2 Å². The lowest BCUT2D eigenvalue weighted by molar-refractivity contribution is -0.139. The van der Waals surface area contributed by atoms with Gasteiger partial charge in [0.05, 0.1) is 19.1 Å². The smallest absolute Gasteiger partial charge is 0.407 e. The van der Waals surface area contributed by atoms with Crippen molar-refractivity contribution in [3.8, 4) is 0 Å². The van der Waals surface area contributed by atoms with Crippen molar-refractivity contribution >= 4 is 12.1 Å². The number of hydrogen-bond donors (Lipinski definition) is 2. The minimum Gasteiger partial charge on any atom is -0.480 e. The number of amides is 1. The predicted molar refractivity (Wildman–Crippen MR) is 63.2 cm³/mol. The molecular weight excluding hydrogens is 238 g/mol. The van der Waals surface area contributed by atoms with E-state index in [1.54, 1.807) is 6.07 Å².